The molecule has 0 spiro atoms. The van der Waals surface area contributed by atoms with E-state index in [0.717, 1.165) is 6.42 Å². The maximum atomic E-state index is 12.9. The first-order valence-electron chi connectivity index (χ1n) is 5.70. The molecule has 2 rings (SSSR count). The van der Waals surface area contributed by atoms with Gasteiger partial charge in [-0.15, -0.1) is 0 Å². The first kappa shape index (κ1) is 14.0. The molecule has 0 atom stereocenters. The lowest BCUT2D eigenvalue weighted by molar-refractivity contribution is -0.148. The lowest BCUT2D eigenvalue weighted by Gasteiger charge is -2.38. The molecule has 0 radical (unpaired) electrons. The fraction of sp³-hybridized carbons (Fsp3) is 0.333. The summed E-state index contributed by atoms with van der Waals surface area (Å²) >= 11 is 1.89. The first-order chi connectivity index (χ1) is 8.93. The zero-order valence-electron chi connectivity index (χ0n) is 9.87. The average Bonchev–Trinajstić information content (AvgIpc) is 2.27. The summed E-state index contributed by atoms with van der Waals surface area (Å²) < 4.78 is 13.5. The summed E-state index contributed by atoms with van der Waals surface area (Å²) in [6.07, 6.45) is 1.63. The second kappa shape index (κ2) is 5.32. The molecular weight excluding hydrogens is 366 g/mol. The fourth-order valence-electron chi connectivity index (χ4n) is 1.88. The van der Waals surface area contributed by atoms with Crippen LogP contribution in [0.15, 0.2) is 18.2 Å². The molecule has 1 aliphatic carbocycles. The van der Waals surface area contributed by atoms with Gasteiger partial charge in [-0.2, -0.15) is 0 Å². The third-order valence-corrected chi connectivity index (χ3v) is 4.04. The minimum absolute atomic E-state index is 0.392. The Morgan fingerprint density at radius 3 is 2.53 bits per heavy atom. The predicted molar refractivity (Wildman–Crippen MR) is 75.5 cm³/mol. The molecule has 1 aromatic rings. The summed E-state index contributed by atoms with van der Waals surface area (Å²) in [5.74, 6) is -1.42. The summed E-state index contributed by atoms with van der Waals surface area (Å²) in [6.45, 7) is 0. The van der Waals surface area contributed by atoms with Gasteiger partial charge in [0.2, 0.25) is 0 Å². The van der Waals surface area contributed by atoms with E-state index in [1.54, 1.807) is 0 Å². The van der Waals surface area contributed by atoms with Crippen molar-refractivity contribution in [3.63, 3.8) is 0 Å². The Morgan fingerprint density at radius 1 is 1.37 bits per heavy atom. The monoisotopic (exact) mass is 378 g/mol. The van der Waals surface area contributed by atoms with Crippen LogP contribution in [0.5, 0.6) is 0 Å². The molecule has 5 nitrogen and oxygen atoms in total. The van der Waals surface area contributed by atoms with E-state index in [2.05, 4.69) is 10.6 Å². The van der Waals surface area contributed by atoms with Gasteiger partial charge in [-0.1, -0.05) is 0 Å². The van der Waals surface area contributed by atoms with Gasteiger partial charge in [-0.3, -0.25) is 0 Å². The topological polar surface area (TPSA) is 78.4 Å². The highest BCUT2D eigenvalue weighted by Gasteiger charge is 2.45. The number of carbonyl (C=O) groups is 2. The van der Waals surface area contributed by atoms with Crippen molar-refractivity contribution in [1.82, 2.24) is 5.32 Å². The normalized spacial score (nSPS) is 16.3. The molecule has 1 fully saturated rings. The number of carbonyl (C=O) groups excluding carboxylic acids is 1. The van der Waals surface area contributed by atoms with Gasteiger partial charge >= 0.3 is 12.0 Å². The zero-order valence-corrected chi connectivity index (χ0v) is 12.0. The highest BCUT2D eigenvalue weighted by Crippen LogP contribution is 2.32. The lowest BCUT2D eigenvalue weighted by Crippen LogP contribution is -2.60. The molecule has 2 amide bonds. The first-order valence-corrected chi connectivity index (χ1v) is 6.78. The number of hydrogen-bond acceptors (Lipinski definition) is 2. The van der Waals surface area contributed by atoms with Crippen LogP contribution in [0.2, 0.25) is 0 Å². The van der Waals surface area contributed by atoms with Crippen LogP contribution in [0.25, 0.3) is 0 Å². The summed E-state index contributed by atoms with van der Waals surface area (Å²) in [6, 6.07) is 3.36. The minimum Gasteiger partial charge on any atom is -0.480 e. The van der Waals surface area contributed by atoms with Gasteiger partial charge in [0.05, 0.1) is 5.69 Å². The SMILES string of the molecule is O=C(Nc1ccc(F)cc1I)NC1(C(=O)O)CCC1. The second-order valence-electron chi connectivity index (χ2n) is 4.44. The van der Waals surface area contributed by atoms with Crippen molar-refractivity contribution >= 4 is 40.3 Å². The smallest absolute Gasteiger partial charge is 0.329 e. The van der Waals surface area contributed by atoms with Crippen LogP contribution < -0.4 is 10.6 Å². The van der Waals surface area contributed by atoms with Gasteiger partial charge in [-0.25, -0.2) is 14.0 Å². The minimum atomic E-state index is -1.16. The number of hydrogen-bond donors (Lipinski definition) is 3. The number of urea groups is 1. The Hall–Kier alpha value is -1.38. The van der Waals surface area contributed by atoms with E-state index >= 15 is 0 Å². The van der Waals surface area contributed by atoms with Crippen molar-refractivity contribution in [2.75, 3.05) is 5.32 Å². The molecule has 0 aromatic heterocycles. The molecule has 1 aliphatic rings. The Morgan fingerprint density at radius 2 is 2.05 bits per heavy atom. The molecule has 1 aromatic carbocycles. The lowest BCUT2D eigenvalue weighted by atomic mass is 9.77. The molecule has 0 saturated heterocycles. The van der Waals surface area contributed by atoms with Gasteiger partial charge in [0.25, 0.3) is 0 Å². The molecule has 0 heterocycles. The van der Waals surface area contributed by atoms with E-state index in [1.165, 1.54) is 18.2 Å². The van der Waals surface area contributed by atoms with E-state index in [0.29, 0.717) is 22.1 Å². The summed E-state index contributed by atoms with van der Waals surface area (Å²) in [5.41, 5.74) is -0.713. The van der Waals surface area contributed by atoms with E-state index in [4.69, 9.17) is 5.11 Å². The van der Waals surface area contributed by atoms with E-state index in [-0.39, 0.29) is 0 Å². The Bertz CT molecular complexity index is 532. The molecule has 3 N–H and O–H groups in total. The quantitative estimate of drug-likeness (QED) is 0.708. The Labute approximate surface area is 122 Å². The van der Waals surface area contributed by atoms with Crippen molar-refractivity contribution < 1.29 is 19.1 Å². The van der Waals surface area contributed by atoms with Crippen molar-refractivity contribution in [2.45, 2.75) is 24.8 Å². The van der Waals surface area contributed by atoms with Crippen molar-refractivity contribution in [2.24, 2.45) is 0 Å². The fourth-order valence-corrected chi connectivity index (χ4v) is 2.50. The standard InChI is InChI=1S/C12H12FIN2O3/c13-7-2-3-9(8(14)6-7)15-11(19)16-12(10(17)18)4-1-5-12/h2-3,6H,1,4-5H2,(H,17,18)(H2,15,16,19). The number of amides is 2. The largest absolute Gasteiger partial charge is 0.480 e. The van der Waals surface area contributed by atoms with Gasteiger partial charge < -0.3 is 15.7 Å². The second-order valence-corrected chi connectivity index (χ2v) is 5.61. The van der Waals surface area contributed by atoms with Gasteiger partial charge in [-0.05, 0) is 60.1 Å². The average molecular weight is 378 g/mol. The molecule has 19 heavy (non-hydrogen) atoms. The molecule has 0 unspecified atom stereocenters. The predicted octanol–water partition coefficient (Wildman–Crippen LogP) is 2.56. The summed E-state index contributed by atoms with van der Waals surface area (Å²) in [4.78, 5) is 22.9. The number of carboxylic acids is 1. The van der Waals surface area contributed by atoms with Gasteiger partial charge in [0, 0.05) is 3.57 Å². The molecule has 0 aliphatic heterocycles. The van der Waals surface area contributed by atoms with Crippen LogP contribution in [0.3, 0.4) is 0 Å². The molecule has 7 heteroatoms. The number of carboxylic acid groups (broad SMARTS) is 1. The molecule has 1 saturated carbocycles. The summed E-state index contributed by atoms with van der Waals surface area (Å²) in [7, 11) is 0. The maximum Gasteiger partial charge on any atom is 0.329 e. The number of rotatable bonds is 3. The molecule has 0 bridgehead atoms. The van der Waals surface area contributed by atoms with E-state index < -0.39 is 23.4 Å². The van der Waals surface area contributed by atoms with Gasteiger partial charge in [0.1, 0.15) is 11.4 Å². The summed E-state index contributed by atoms with van der Waals surface area (Å²) in [5, 5.41) is 14.1. The number of nitrogens with one attached hydrogen (secondary N) is 2. The maximum absolute atomic E-state index is 12.9. The Kier molecular flexibility index (Phi) is 3.93. The number of benzene rings is 1. The van der Waals surface area contributed by atoms with Crippen molar-refractivity contribution in [1.29, 1.82) is 0 Å². The number of anilines is 1. The van der Waals surface area contributed by atoms with Gasteiger partial charge in [0.15, 0.2) is 0 Å². The third-order valence-electron chi connectivity index (χ3n) is 3.15. The van der Waals surface area contributed by atoms with Crippen LogP contribution in [0.1, 0.15) is 19.3 Å². The van der Waals surface area contributed by atoms with Crippen molar-refractivity contribution in [3.05, 3.63) is 27.6 Å². The number of aliphatic carboxylic acids is 1. The molecular formula is C12H12FIN2O3. The van der Waals surface area contributed by atoms with Crippen LogP contribution in [0, 0.1) is 9.39 Å². The molecule has 102 valence electrons. The van der Waals surface area contributed by atoms with Crippen LogP contribution in [-0.4, -0.2) is 22.6 Å². The van der Waals surface area contributed by atoms with Crippen molar-refractivity contribution in [3.8, 4) is 0 Å². The van der Waals surface area contributed by atoms with E-state index in [1.807, 2.05) is 22.6 Å². The van der Waals surface area contributed by atoms with E-state index in [9.17, 15) is 14.0 Å². The van der Waals surface area contributed by atoms with Crippen LogP contribution in [-0.2, 0) is 4.79 Å². The number of halogens is 2. The highest BCUT2D eigenvalue weighted by atomic mass is 127. The zero-order chi connectivity index (χ0) is 14.0. The van der Waals surface area contributed by atoms with Crippen LogP contribution >= 0.6 is 22.6 Å². The van der Waals surface area contributed by atoms with Crippen LogP contribution in [0.4, 0.5) is 14.9 Å². The third kappa shape index (κ3) is 2.96. The highest BCUT2D eigenvalue weighted by molar-refractivity contribution is 14.1. The Balaban J connectivity index is 2.03.